The maximum atomic E-state index is 12.9. The van der Waals surface area contributed by atoms with Crippen LogP contribution in [0.4, 0.5) is 4.79 Å². The summed E-state index contributed by atoms with van der Waals surface area (Å²) in [4.78, 5) is 25.0. The Morgan fingerprint density at radius 3 is 2.55 bits per heavy atom. The van der Waals surface area contributed by atoms with Crippen LogP contribution in [0.1, 0.15) is 31.0 Å². The normalized spacial score (nSPS) is 16.0. The summed E-state index contributed by atoms with van der Waals surface area (Å²) < 4.78 is 16.4. The second kappa shape index (κ2) is 9.14. The topological polar surface area (TPSA) is 85.9 Å². The van der Waals surface area contributed by atoms with E-state index in [1.54, 1.807) is 32.2 Å². The third-order valence-corrected chi connectivity index (χ3v) is 4.52. The monoisotopic (exact) mass is 396 g/mol. The average molecular weight is 396 g/mol. The first-order valence-electron chi connectivity index (χ1n) is 9.33. The Balaban J connectivity index is 1.89. The Hall–Kier alpha value is -3.48. The number of carbonyl (C=O) groups excluding carboxylic acids is 2. The lowest BCUT2D eigenvalue weighted by Gasteiger charge is -2.28. The van der Waals surface area contributed by atoms with Crippen molar-refractivity contribution in [1.29, 1.82) is 0 Å². The Labute approximate surface area is 169 Å². The molecule has 1 aliphatic heterocycles. The van der Waals surface area contributed by atoms with Gasteiger partial charge in [-0.05, 0) is 37.1 Å². The lowest BCUT2D eigenvalue weighted by molar-refractivity contribution is -0.140. The van der Waals surface area contributed by atoms with Gasteiger partial charge < -0.3 is 24.8 Å². The zero-order valence-electron chi connectivity index (χ0n) is 16.7. The van der Waals surface area contributed by atoms with E-state index < -0.39 is 12.0 Å². The van der Waals surface area contributed by atoms with Crippen molar-refractivity contribution in [1.82, 2.24) is 10.6 Å². The molecule has 1 aliphatic rings. The summed E-state index contributed by atoms with van der Waals surface area (Å²) in [6, 6.07) is 13.7. The fourth-order valence-corrected chi connectivity index (χ4v) is 3.16. The molecule has 0 aliphatic carbocycles. The molecule has 1 heterocycles. The van der Waals surface area contributed by atoms with E-state index in [-0.39, 0.29) is 12.6 Å². The molecule has 0 saturated heterocycles. The number of urea groups is 1. The van der Waals surface area contributed by atoms with Crippen LogP contribution in [0.15, 0.2) is 59.8 Å². The van der Waals surface area contributed by atoms with E-state index in [1.165, 1.54) is 0 Å². The first-order chi connectivity index (χ1) is 14.0. The highest BCUT2D eigenvalue weighted by Gasteiger charge is 2.32. The minimum absolute atomic E-state index is 0.143. The van der Waals surface area contributed by atoms with Crippen LogP contribution in [0, 0.1) is 0 Å². The molecule has 7 heteroatoms. The molecule has 0 spiro atoms. The van der Waals surface area contributed by atoms with Crippen LogP contribution in [0.2, 0.25) is 0 Å². The molecular formula is C22H24N2O5. The van der Waals surface area contributed by atoms with Crippen molar-refractivity contribution in [2.75, 3.05) is 13.7 Å². The number of methoxy groups -OCH3 is 1. The molecule has 2 amide bonds. The molecule has 0 radical (unpaired) electrons. The third-order valence-electron chi connectivity index (χ3n) is 4.52. The predicted octanol–water partition coefficient (Wildman–Crippen LogP) is 3.47. The molecule has 2 N–H and O–H groups in total. The van der Waals surface area contributed by atoms with Gasteiger partial charge in [-0.2, -0.15) is 0 Å². The fourth-order valence-electron chi connectivity index (χ4n) is 3.16. The average Bonchev–Trinajstić information content (AvgIpc) is 2.72. The Kier molecular flexibility index (Phi) is 6.39. The summed E-state index contributed by atoms with van der Waals surface area (Å²) in [5.74, 6) is 0.609. The third kappa shape index (κ3) is 4.68. The first-order valence-corrected chi connectivity index (χ1v) is 9.33. The van der Waals surface area contributed by atoms with Crippen LogP contribution >= 0.6 is 0 Å². The van der Waals surface area contributed by atoms with Gasteiger partial charge in [0.15, 0.2) is 11.5 Å². The number of allylic oxidation sites excluding steroid dienone is 1. The Bertz CT molecular complexity index is 924. The van der Waals surface area contributed by atoms with Gasteiger partial charge >= 0.3 is 12.0 Å². The van der Waals surface area contributed by atoms with Crippen LogP contribution in [0.3, 0.4) is 0 Å². The molecule has 0 fully saturated rings. The van der Waals surface area contributed by atoms with E-state index in [2.05, 4.69) is 10.6 Å². The van der Waals surface area contributed by atoms with Crippen molar-refractivity contribution in [3.8, 4) is 11.5 Å². The van der Waals surface area contributed by atoms with Crippen molar-refractivity contribution in [2.45, 2.75) is 26.5 Å². The molecule has 2 aromatic carbocycles. The molecule has 0 bridgehead atoms. The summed E-state index contributed by atoms with van der Waals surface area (Å²) in [6.45, 7) is 4.15. The smallest absolute Gasteiger partial charge is 0.338 e. The van der Waals surface area contributed by atoms with Gasteiger partial charge in [-0.1, -0.05) is 36.4 Å². The van der Waals surface area contributed by atoms with Gasteiger partial charge in [0.2, 0.25) is 0 Å². The van der Waals surface area contributed by atoms with E-state index in [0.29, 0.717) is 34.9 Å². The largest absolute Gasteiger partial charge is 0.493 e. The van der Waals surface area contributed by atoms with E-state index in [1.807, 2.05) is 37.3 Å². The number of hydrogen-bond acceptors (Lipinski definition) is 5. The van der Waals surface area contributed by atoms with E-state index in [9.17, 15) is 9.59 Å². The summed E-state index contributed by atoms with van der Waals surface area (Å²) in [7, 11) is 1.56. The van der Waals surface area contributed by atoms with Gasteiger partial charge in [0.05, 0.1) is 25.3 Å². The number of amides is 2. The molecular weight excluding hydrogens is 372 g/mol. The van der Waals surface area contributed by atoms with E-state index in [0.717, 1.165) is 5.56 Å². The molecule has 3 rings (SSSR count). The summed E-state index contributed by atoms with van der Waals surface area (Å²) >= 11 is 0. The lowest BCUT2D eigenvalue weighted by Crippen LogP contribution is -2.45. The molecule has 7 nitrogen and oxygen atoms in total. The highest BCUT2D eigenvalue weighted by atomic mass is 16.5. The van der Waals surface area contributed by atoms with E-state index in [4.69, 9.17) is 14.2 Å². The standard InChI is InChI=1S/C22H24N2O5/c1-4-28-18-12-16(10-11-17(18)27-3)20-19(14(2)23-22(26)24-20)21(25)29-13-15-8-6-5-7-9-15/h5-12,20H,4,13H2,1-3H3,(H2,23,24,26). The van der Waals surface area contributed by atoms with Gasteiger partial charge in [-0.15, -0.1) is 0 Å². The predicted molar refractivity (Wildman–Crippen MR) is 108 cm³/mol. The number of ether oxygens (including phenoxy) is 3. The van der Waals surface area contributed by atoms with Gasteiger partial charge in [0, 0.05) is 5.70 Å². The maximum absolute atomic E-state index is 12.9. The molecule has 29 heavy (non-hydrogen) atoms. The minimum atomic E-state index is -0.669. The summed E-state index contributed by atoms with van der Waals surface area (Å²) in [5, 5.41) is 5.44. The summed E-state index contributed by atoms with van der Waals surface area (Å²) in [5.41, 5.74) is 2.36. The van der Waals surface area contributed by atoms with Gasteiger partial charge in [-0.25, -0.2) is 9.59 Å². The van der Waals surface area contributed by atoms with Gasteiger partial charge in [0.1, 0.15) is 6.61 Å². The second-order valence-electron chi connectivity index (χ2n) is 6.48. The molecule has 1 unspecified atom stereocenters. The first kappa shape index (κ1) is 20.3. The fraction of sp³-hybridized carbons (Fsp3) is 0.273. The quantitative estimate of drug-likeness (QED) is 0.700. The number of hydrogen-bond donors (Lipinski definition) is 2. The number of nitrogens with one attached hydrogen (secondary N) is 2. The van der Waals surface area contributed by atoms with Crippen molar-refractivity contribution in [2.24, 2.45) is 0 Å². The zero-order chi connectivity index (χ0) is 20.8. The van der Waals surface area contributed by atoms with E-state index >= 15 is 0 Å². The van der Waals surface area contributed by atoms with Crippen molar-refractivity contribution < 1.29 is 23.8 Å². The number of benzene rings is 2. The number of esters is 1. The second-order valence-corrected chi connectivity index (χ2v) is 6.48. The molecule has 0 saturated carbocycles. The number of rotatable bonds is 7. The van der Waals surface area contributed by atoms with Crippen LogP contribution < -0.4 is 20.1 Å². The van der Waals surface area contributed by atoms with Gasteiger partial charge in [0.25, 0.3) is 0 Å². The van der Waals surface area contributed by atoms with Crippen molar-refractivity contribution >= 4 is 12.0 Å². The molecule has 1 atom stereocenters. The van der Waals surface area contributed by atoms with Gasteiger partial charge in [-0.3, -0.25) is 0 Å². The van der Waals surface area contributed by atoms with Crippen molar-refractivity contribution in [3.05, 3.63) is 70.9 Å². The van der Waals surface area contributed by atoms with Crippen LogP contribution in [-0.4, -0.2) is 25.7 Å². The van der Waals surface area contributed by atoms with Crippen LogP contribution in [-0.2, 0) is 16.1 Å². The maximum Gasteiger partial charge on any atom is 0.338 e. The Morgan fingerprint density at radius 2 is 1.86 bits per heavy atom. The van der Waals surface area contributed by atoms with Crippen molar-refractivity contribution in [3.63, 3.8) is 0 Å². The molecule has 152 valence electrons. The molecule has 2 aromatic rings. The number of carbonyl (C=O) groups is 2. The van der Waals surface area contributed by atoms with Crippen LogP contribution in [0.5, 0.6) is 11.5 Å². The highest BCUT2D eigenvalue weighted by molar-refractivity contribution is 5.95. The zero-order valence-corrected chi connectivity index (χ0v) is 16.7. The Morgan fingerprint density at radius 1 is 1.10 bits per heavy atom. The highest BCUT2D eigenvalue weighted by Crippen LogP contribution is 2.34. The van der Waals surface area contributed by atoms with Crippen LogP contribution in [0.25, 0.3) is 0 Å². The minimum Gasteiger partial charge on any atom is -0.493 e. The summed E-state index contributed by atoms with van der Waals surface area (Å²) in [6.07, 6.45) is 0. The molecule has 0 aromatic heterocycles. The lowest BCUT2D eigenvalue weighted by atomic mass is 9.95. The SMILES string of the molecule is CCOc1cc(C2NC(=O)NC(C)=C2C(=O)OCc2ccccc2)ccc1OC.